The largest absolute Gasteiger partial charge is 0.486 e. The average molecular weight is 522 g/mol. The maximum atomic E-state index is 13.1. The van der Waals surface area contributed by atoms with E-state index in [-0.39, 0.29) is 23.4 Å². The summed E-state index contributed by atoms with van der Waals surface area (Å²) in [5, 5.41) is 6.44. The van der Waals surface area contributed by atoms with Crippen molar-refractivity contribution in [1.82, 2.24) is 10.2 Å². The number of ether oxygens (including phenoxy) is 1. The molecular weight excluding hydrogens is 501 g/mol. The van der Waals surface area contributed by atoms with Gasteiger partial charge in [-0.3, -0.25) is 19.3 Å². The summed E-state index contributed by atoms with van der Waals surface area (Å²) in [6.45, 7) is 1.42. The summed E-state index contributed by atoms with van der Waals surface area (Å²) in [5.74, 6) is -1.30. The van der Waals surface area contributed by atoms with Gasteiger partial charge >= 0.3 is 0 Å². The Morgan fingerprint density at radius 2 is 1.61 bits per heavy atom. The summed E-state index contributed by atoms with van der Waals surface area (Å²) in [4.78, 5) is 38.2. The van der Waals surface area contributed by atoms with E-state index in [0.717, 1.165) is 10.5 Å². The normalized spacial score (nSPS) is 18.5. The van der Waals surface area contributed by atoms with Gasteiger partial charge in [-0.05, 0) is 42.8 Å². The predicted molar refractivity (Wildman–Crippen MR) is 137 cm³/mol. The highest BCUT2D eigenvalue weighted by atomic mass is 35.5. The van der Waals surface area contributed by atoms with Crippen molar-refractivity contribution in [2.45, 2.75) is 18.5 Å². The predicted octanol–water partition coefficient (Wildman–Crippen LogP) is 5.02. The molecule has 2 aliphatic rings. The number of amides is 3. The Kier molecular flexibility index (Phi) is 6.20. The molecule has 3 aromatic rings. The molecule has 1 unspecified atom stereocenters. The van der Waals surface area contributed by atoms with Gasteiger partial charge in [0, 0.05) is 16.3 Å². The zero-order valence-electron chi connectivity index (χ0n) is 19.2. The third kappa shape index (κ3) is 4.43. The van der Waals surface area contributed by atoms with Gasteiger partial charge in [0.25, 0.3) is 11.8 Å². The second-order valence-corrected chi connectivity index (χ2v) is 9.78. The van der Waals surface area contributed by atoms with Gasteiger partial charge in [-0.2, -0.15) is 0 Å². The number of benzene rings is 3. The van der Waals surface area contributed by atoms with Crippen LogP contribution in [0.5, 0.6) is 0 Å². The lowest BCUT2D eigenvalue weighted by molar-refractivity contribution is -0.120. The Morgan fingerprint density at radius 3 is 2.28 bits per heavy atom. The van der Waals surface area contributed by atoms with Crippen molar-refractivity contribution in [3.8, 4) is 0 Å². The number of nitrogens with zero attached hydrogens (tertiary/aromatic N) is 1. The minimum absolute atomic E-state index is 0.215. The van der Waals surface area contributed by atoms with Crippen molar-refractivity contribution in [3.63, 3.8) is 0 Å². The molecule has 0 spiro atoms. The highest BCUT2D eigenvalue weighted by Crippen LogP contribution is 2.42. The summed E-state index contributed by atoms with van der Waals surface area (Å²) in [6, 6.07) is 21.2. The maximum absolute atomic E-state index is 13.1. The Labute approximate surface area is 217 Å². The van der Waals surface area contributed by atoms with Gasteiger partial charge in [0.15, 0.2) is 10.8 Å². The van der Waals surface area contributed by atoms with E-state index < -0.39 is 29.3 Å². The van der Waals surface area contributed by atoms with E-state index in [1.54, 1.807) is 49.4 Å². The first-order chi connectivity index (χ1) is 17.2. The molecule has 0 fully saturated rings. The van der Waals surface area contributed by atoms with Crippen LogP contribution in [-0.2, 0) is 16.1 Å². The van der Waals surface area contributed by atoms with Crippen LogP contribution in [0.25, 0.3) is 5.76 Å². The van der Waals surface area contributed by atoms with Crippen molar-refractivity contribution >= 4 is 52.4 Å². The van der Waals surface area contributed by atoms with E-state index in [2.05, 4.69) is 10.6 Å². The highest BCUT2D eigenvalue weighted by molar-refractivity contribution is 6.31. The number of nitrogens with one attached hydrogen (secondary N) is 2. The summed E-state index contributed by atoms with van der Waals surface area (Å²) >= 11 is 13.1. The van der Waals surface area contributed by atoms with Gasteiger partial charge in [0.05, 0.1) is 11.1 Å². The molecule has 9 heteroatoms. The molecule has 0 aliphatic carbocycles. The molecule has 7 nitrogen and oxygen atoms in total. The second-order valence-electron chi connectivity index (χ2n) is 8.59. The highest BCUT2D eigenvalue weighted by Gasteiger charge is 2.40. The Bertz CT molecular complexity index is 1380. The molecule has 5 rings (SSSR count). The van der Waals surface area contributed by atoms with Crippen LogP contribution in [0, 0.1) is 0 Å². The number of anilines is 1. The lowest BCUT2D eigenvalue weighted by atomic mass is 10.0. The first-order valence-electron chi connectivity index (χ1n) is 11.2. The molecule has 2 heterocycles. The molecule has 182 valence electrons. The Balaban J connectivity index is 1.46. The van der Waals surface area contributed by atoms with Gasteiger partial charge in [0.2, 0.25) is 5.91 Å². The van der Waals surface area contributed by atoms with Gasteiger partial charge in [-0.1, -0.05) is 65.7 Å². The smallest absolute Gasteiger partial charge is 0.262 e. The zero-order chi connectivity index (χ0) is 25.4. The fourth-order valence-corrected chi connectivity index (χ4v) is 4.64. The number of carbonyl (C=O) groups is 3. The molecule has 36 heavy (non-hydrogen) atoms. The van der Waals surface area contributed by atoms with Crippen molar-refractivity contribution in [3.05, 3.63) is 106 Å². The Morgan fingerprint density at radius 1 is 0.972 bits per heavy atom. The van der Waals surface area contributed by atoms with E-state index in [9.17, 15) is 14.4 Å². The number of rotatable bonds is 6. The van der Waals surface area contributed by atoms with Crippen LogP contribution in [0.4, 0.5) is 5.69 Å². The molecule has 0 bridgehead atoms. The third-order valence-electron chi connectivity index (χ3n) is 5.96. The molecule has 3 amide bonds. The number of carbonyl (C=O) groups excluding carboxylic acids is 3. The van der Waals surface area contributed by atoms with E-state index in [1.807, 2.05) is 30.3 Å². The van der Waals surface area contributed by atoms with Crippen molar-refractivity contribution in [1.29, 1.82) is 0 Å². The van der Waals surface area contributed by atoms with Crippen LogP contribution in [0.2, 0.25) is 5.02 Å². The quantitative estimate of drug-likeness (QED) is 0.270. The van der Waals surface area contributed by atoms with E-state index >= 15 is 0 Å². The topological polar surface area (TPSA) is 87.7 Å². The molecular formula is C27H21Cl2N3O4. The van der Waals surface area contributed by atoms with Crippen LogP contribution in [0.1, 0.15) is 38.8 Å². The Hall–Kier alpha value is -3.81. The average Bonchev–Trinajstić information content (AvgIpc) is 3.10. The fraction of sp³-hybridized carbons (Fsp3) is 0.148. The van der Waals surface area contributed by atoms with Crippen LogP contribution < -0.4 is 10.6 Å². The number of alkyl halides is 1. The fourth-order valence-electron chi connectivity index (χ4n) is 4.24. The van der Waals surface area contributed by atoms with Gasteiger partial charge in [-0.15, -0.1) is 0 Å². The second kappa shape index (κ2) is 9.33. The summed E-state index contributed by atoms with van der Waals surface area (Å²) < 4.78 is 6.20. The third-order valence-corrected chi connectivity index (χ3v) is 6.48. The van der Waals surface area contributed by atoms with Crippen LogP contribution >= 0.6 is 23.2 Å². The zero-order valence-corrected chi connectivity index (χ0v) is 20.7. The lowest BCUT2D eigenvalue weighted by Gasteiger charge is -2.36. The van der Waals surface area contributed by atoms with Crippen molar-refractivity contribution < 1.29 is 19.1 Å². The molecule has 2 N–H and O–H groups in total. The SMILES string of the molecule is CC1(Cl)Nc2ccc(Cl)cc2C(OCc2ccccc2)=C1NC(=O)CN1C(=O)c2ccccc2C1=O. The molecule has 0 saturated heterocycles. The van der Waals surface area contributed by atoms with E-state index in [1.165, 1.54) is 0 Å². The first-order valence-corrected chi connectivity index (χ1v) is 11.9. The molecule has 0 radical (unpaired) electrons. The molecule has 0 saturated carbocycles. The number of fused-ring (bicyclic) bond motifs is 2. The minimum atomic E-state index is -1.26. The van der Waals surface area contributed by atoms with Crippen LogP contribution in [-0.4, -0.2) is 34.2 Å². The maximum Gasteiger partial charge on any atom is 0.262 e. The standard InChI is InChI=1S/C27H21Cl2N3O4/c1-27(29)24(30-22(33)14-32-25(34)18-9-5-6-10-19(18)26(32)35)23(36-15-16-7-3-2-4-8-16)20-13-17(28)11-12-21(20)31-27/h2-13,31H,14-15H2,1H3,(H,30,33). The molecule has 2 aliphatic heterocycles. The number of hydrogen-bond donors (Lipinski definition) is 2. The molecule has 3 aromatic carbocycles. The molecule has 1 atom stereocenters. The summed E-state index contributed by atoms with van der Waals surface area (Å²) in [7, 11) is 0. The summed E-state index contributed by atoms with van der Waals surface area (Å²) in [5.41, 5.74) is 3.00. The van der Waals surface area contributed by atoms with Crippen molar-refractivity contribution in [2.75, 3.05) is 11.9 Å². The van der Waals surface area contributed by atoms with E-state index in [0.29, 0.717) is 22.0 Å². The number of imide groups is 1. The lowest BCUT2D eigenvalue weighted by Crippen LogP contribution is -2.47. The minimum Gasteiger partial charge on any atom is -0.486 e. The van der Waals surface area contributed by atoms with Crippen LogP contribution in [0.15, 0.2) is 78.5 Å². The molecule has 0 aromatic heterocycles. The monoisotopic (exact) mass is 521 g/mol. The van der Waals surface area contributed by atoms with Gasteiger partial charge in [-0.25, -0.2) is 0 Å². The van der Waals surface area contributed by atoms with Crippen molar-refractivity contribution in [2.24, 2.45) is 0 Å². The summed E-state index contributed by atoms with van der Waals surface area (Å²) in [6.07, 6.45) is 0. The van der Waals surface area contributed by atoms with Gasteiger partial charge in [0.1, 0.15) is 18.8 Å². The van der Waals surface area contributed by atoms with E-state index in [4.69, 9.17) is 27.9 Å². The number of hydrogen-bond acceptors (Lipinski definition) is 5. The van der Waals surface area contributed by atoms with Crippen LogP contribution in [0.3, 0.4) is 0 Å². The number of halogens is 2. The van der Waals surface area contributed by atoms with Gasteiger partial charge < -0.3 is 15.4 Å². The first kappa shape index (κ1) is 23.9.